The van der Waals surface area contributed by atoms with Crippen LogP contribution in [0.1, 0.15) is 52.1 Å². The molecule has 0 aliphatic carbocycles. The van der Waals surface area contributed by atoms with Crippen molar-refractivity contribution in [3.8, 4) is 0 Å². The van der Waals surface area contributed by atoms with Gasteiger partial charge in [-0.15, -0.1) is 0 Å². The number of benzene rings is 2. The minimum absolute atomic E-state index is 0.0759. The zero-order valence-electron chi connectivity index (χ0n) is 14.1. The molecule has 5 nitrogen and oxygen atoms in total. The third-order valence-electron chi connectivity index (χ3n) is 4.34. The van der Waals surface area contributed by atoms with Crippen LogP contribution in [0.2, 0.25) is 0 Å². The highest BCUT2D eigenvalue weighted by Crippen LogP contribution is 2.22. The van der Waals surface area contributed by atoms with Gasteiger partial charge in [0.05, 0.1) is 17.2 Å². The van der Waals surface area contributed by atoms with Crippen molar-refractivity contribution in [3.63, 3.8) is 0 Å². The van der Waals surface area contributed by atoms with E-state index in [-0.39, 0.29) is 36.7 Å². The minimum Gasteiger partial charge on any atom is -0.350 e. The molecule has 0 fully saturated rings. The van der Waals surface area contributed by atoms with Gasteiger partial charge in [-0.25, -0.2) is 0 Å². The molecule has 2 aromatic carbocycles. The summed E-state index contributed by atoms with van der Waals surface area (Å²) in [6.07, 6.45) is 0.712. The van der Waals surface area contributed by atoms with Gasteiger partial charge < -0.3 is 5.32 Å². The van der Waals surface area contributed by atoms with Crippen molar-refractivity contribution in [1.82, 2.24) is 10.2 Å². The molecule has 0 unspecified atom stereocenters. The molecule has 1 N–H and O–H groups in total. The Kier molecular flexibility index (Phi) is 4.93. The molecule has 25 heavy (non-hydrogen) atoms. The van der Waals surface area contributed by atoms with Gasteiger partial charge in [0, 0.05) is 13.0 Å². The summed E-state index contributed by atoms with van der Waals surface area (Å²) in [5, 5.41) is 2.93. The number of nitrogens with zero attached hydrogens (tertiary/aromatic N) is 1. The highest BCUT2D eigenvalue weighted by molar-refractivity contribution is 6.21. The second-order valence-corrected chi connectivity index (χ2v) is 6.11. The number of amides is 3. The third-order valence-corrected chi connectivity index (χ3v) is 4.34. The van der Waals surface area contributed by atoms with Crippen molar-refractivity contribution < 1.29 is 14.4 Å². The molecule has 3 rings (SSSR count). The summed E-state index contributed by atoms with van der Waals surface area (Å²) in [6, 6.07) is 16.4. The lowest BCUT2D eigenvalue weighted by molar-refractivity contribution is -0.121. The Morgan fingerprint density at radius 3 is 2.12 bits per heavy atom. The van der Waals surface area contributed by atoms with E-state index in [9.17, 15) is 14.4 Å². The van der Waals surface area contributed by atoms with Crippen molar-refractivity contribution in [1.29, 1.82) is 0 Å². The summed E-state index contributed by atoms with van der Waals surface area (Å²) in [4.78, 5) is 37.8. The van der Waals surface area contributed by atoms with Crippen molar-refractivity contribution in [2.45, 2.75) is 25.8 Å². The van der Waals surface area contributed by atoms with E-state index in [1.165, 1.54) is 4.90 Å². The molecule has 0 saturated carbocycles. The molecular weight excluding hydrogens is 316 g/mol. The maximum atomic E-state index is 12.3. The first-order chi connectivity index (χ1) is 12.1. The minimum atomic E-state index is -0.279. The Balaban J connectivity index is 1.50. The summed E-state index contributed by atoms with van der Waals surface area (Å²) >= 11 is 0. The van der Waals surface area contributed by atoms with E-state index >= 15 is 0 Å². The van der Waals surface area contributed by atoms with Gasteiger partial charge in [0.25, 0.3) is 11.8 Å². The molecule has 128 valence electrons. The summed E-state index contributed by atoms with van der Waals surface area (Å²) < 4.78 is 0. The number of nitrogens with one attached hydrogen (secondary N) is 1. The number of imide groups is 1. The molecule has 5 heteroatoms. The van der Waals surface area contributed by atoms with E-state index < -0.39 is 0 Å². The fourth-order valence-corrected chi connectivity index (χ4v) is 2.98. The summed E-state index contributed by atoms with van der Waals surface area (Å²) in [7, 11) is 0. The molecule has 1 aliphatic heterocycles. The molecule has 0 radical (unpaired) electrons. The zero-order chi connectivity index (χ0) is 17.8. The Morgan fingerprint density at radius 2 is 1.52 bits per heavy atom. The summed E-state index contributed by atoms with van der Waals surface area (Å²) in [5.74, 6) is -0.648. The third kappa shape index (κ3) is 3.60. The smallest absolute Gasteiger partial charge is 0.261 e. The predicted molar refractivity (Wildman–Crippen MR) is 94.0 cm³/mol. The van der Waals surface area contributed by atoms with Crippen LogP contribution in [0.5, 0.6) is 0 Å². The van der Waals surface area contributed by atoms with Crippen molar-refractivity contribution in [2.24, 2.45) is 0 Å². The van der Waals surface area contributed by atoms with Crippen LogP contribution in [0.25, 0.3) is 0 Å². The second kappa shape index (κ2) is 7.30. The van der Waals surface area contributed by atoms with Crippen LogP contribution in [-0.2, 0) is 4.79 Å². The van der Waals surface area contributed by atoms with Crippen LogP contribution in [0.4, 0.5) is 0 Å². The lowest BCUT2D eigenvalue weighted by Crippen LogP contribution is -2.32. The van der Waals surface area contributed by atoms with Crippen molar-refractivity contribution in [3.05, 3.63) is 71.3 Å². The van der Waals surface area contributed by atoms with Crippen LogP contribution in [0.15, 0.2) is 54.6 Å². The van der Waals surface area contributed by atoms with Gasteiger partial charge in [-0.1, -0.05) is 42.5 Å². The fourth-order valence-electron chi connectivity index (χ4n) is 2.98. The molecule has 1 atom stereocenters. The first-order valence-electron chi connectivity index (χ1n) is 8.37. The van der Waals surface area contributed by atoms with Crippen LogP contribution in [0, 0.1) is 0 Å². The van der Waals surface area contributed by atoms with Crippen LogP contribution in [-0.4, -0.2) is 29.2 Å². The second-order valence-electron chi connectivity index (χ2n) is 6.11. The monoisotopic (exact) mass is 336 g/mol. The number of hydrogen-bond acceptors (Lipinski definition) is 3. The van der Waals surface area contributed by atoms with Crippen molar-refractivity contribution >= 4 is 17.7 Å². The van der Waals surface area contributed by atoms with Gasteiger partial charge in [0.1, 0.15) is 0 Å². The topological polar surface area (TPSA) is 66.5 Å². The first-order valence-corrected chi connectivity index (χ1v) is 8.37. The number of rotatable bonds is 6. The number of carbonyl (C=O) groups is 3. The van der Waals surface area contributed by atoms with E-state index in [2.05, 4.69) is 5.32 Å². The van der Waals surface area contributed by atoms with Crippen LogP contribution < -0.4 is 5.32 Å². The molecule has 1 heterocycles. The Hall–Kier alpha value is -2.95. The van der Waals surface area contributed by atoms with E-state index in [1.807, 2.05) is 37.3 Å². The molecule has 1 aliphatic rings. The Morgan fingerprint density at radius 1 is 0.960 bits per heavy atom. The zero-order valence-corrected chi connectivity index (χ0v) is 14.1. The first kappa shape index (κ1) is 16.9. The maximum Gasteiger partial charge on any atom is 0.261 e. The van der Waals surface area contributed by atoms with E-state index in [1.54, 1.807) is 24.3 Å². The average molecular weight is 336 g/mol. The number of fused-ring (bicyclic) bond motifs is 1. The Bertz CT molecular complexity index is 767. The van der Waals surface area contributed by atoms with Crippen LogP contribution >= 0.6 is 0 Å². The van der Waals surface area contributed by atoms with Gasteiger partial charge in [-0.05, 0) is 31.0 Å². The summed E-state index contributed by atoms with van der Waals surface area (Å²) in [6.45, 7) is 2.18. The quantitative estimate of drug-likeness (QED) is 0.825. The van der Waals surface area contributed by atoms with Crippen molar-refractivity contribution in [2.75, 3.05) is 6.54 Å². The van der Waals surface area contributed by atoms with Gasteiger partial charge in [0.2, 0.25) is 5.91 Å². The number of carbonyl (C=O) groups excluding carboxylic acids is 3. The lowest BCUT2D eigenvalue weighted by atomic mass is 10.1. The standard InChI is InChI=1S/C20H20N2O3/c1-14(15-8-3-2-4-9-15)21-18(23)12-7-13-22-19(24)16-10-5-6-11-17(16)20(22)25/h2-6,8-11,14H,7,12-13H2,1H3,(H,21,23)/t14-/m1/s1. The largest absolute Gasteiger partial charge is 0.350 e. The fraction of sp³-hybridized carbons (Fsp3) is 0.250. The average Bonchev–Trinajstić information content (AvgIpc) is 2.87. The maximum absolute atomic E-state index is 12.3. The number of hydrogen-bond donors (Lipinski definition) is 1. The van der Waals surface area contributed by atoms with E-state index in [4.69, 9.17) is 0 Å². The molecule has 0 spiro atoms. The highest BCUT2D eigenvalue weighted by Gasteiger charge is 2.34. The molecule has 3 amide bonds. The van der Waals surface area contributed by atoms with Gasteiger partial charge >= 0.3 is 0 Å². The Labute approximate surface area is 146 Å². The molecule has 2 aromatic rings. The molecular formula is C20H20N2O3. The van der Waals surface area contributed by atoms with E-state index in [0.717, 1.165) is 5.56 Å². The van der Waals surface area contributed by atoms with Crippen LogP contribution in [0.3, 0.4) is 0 Å². The lowest BCUT2D eigenvalue weighted by Gasteiger charge is -2.16. The molecule has 0 aromatic heterocycles. The summed E-state index contributed by atoms with van der Waals surface area (Å²) in [5.41, 5.74) is 1.92. The highest BCUT2D eigenvalue weighted by atomic mass is 16.2. The van der Waals surface area contributed by atoms with Gasteiger partial charge in [-0.3, -0.25) is 19.3 Å². The normalized spacial score (nSPS) is 14.4. The molecule has 0 saturated heterocycles. The predicted octanol–water partition coefficient (Wildman–Crippen LogP) is 2.94. The van der Waals surface area contributed by atoms with Gasteiger partial charge in [0.15, 0.2) is 0 Å². The molecule has 0 bridgehead atoms. The van der Waals surface area contributed by atoms with E-state index in [0.29, 0.717) is 17.5 Å². The SMILES string of the molecule is C[C@@H](NC(=O)CCCN1C(=O)c2ccccc2C1=O)c1ccccc1. The van der Waals surface area contributed by atoms with Gasteiger partial charge in [-0.2, -0.15) is 0 Å².